The number of nitrogens with two attached hydrogens (primary N) is 1. The van der Waals surface area contributed by atoms with Crippen molar-refractivity contribution in [2.24, 2.45) is 11.3 Å². The third kappa shape index (κ3) is 3.31. The van der Waals surface area contributed by atoms with Crippen LogP contribution in [-0.2, 0) is 0 Å². The molecule has 0 fully saturated rings. The van der Waals surface area contributed by atoms with E-state index < -0.39 is 0 Å². The van der Waals surface area contributed by atoms with Crippen LogP contribution in [0.25, 0.3) is 10.1 Å². The van der Waals surface area contributed by atoms with E-state index in [-0.39, 0.29) is 11.3 Å². The van der Waals surface area contributed by atoms with Gasteiger partial charge in [0.1, 0.15) is 0 Å². The van der Waals surface area contributed by atoms with Crippen LogP contribution in [0.4, 0.5) is 5.69 Å². The summed E-state index contributed by atoms with van der Waals surface area (Å²) < 4.78 is 1.09. The van der Waals surface area contributed by atoms with Crippen LogP contribution in [0.1, 0.15) is 37.4 Å². The topological polar surface area (TPSA) is 55.1 Å². The monoisotopic (exact) mass is 290 g/mol. The first-order valence-electron chi connectivity index (χ1n) is 6.84. The highest BCUT2D eigenvalue weighted by atomic mass is 32.1. The molecule has 3 N–H and O–H groups in total. The number of benzene rings is 1. The Labute approximate surface area is 124 Å². The van der Waals surface area contributed by atoms with Crippen molar-refractivity contribution < 1.29 is 4.79 Å². The van der Waals surface area contributed by atoms with Gasteiger partial charge >= 0.3 is 0 Å². The molecule has 1 atom stereocenters. The molecule has 2 aromatic rings. The summed E-state index contributed by atoms with van der Waals surface area (Å²) in [5.74, 6) is 0.428. The number of fused-ring (bicyclic) bond motifs is 1. The van der Waals surface area contributed by atoms with Gasteiger partial charge in [0.15, 0.2) is 0 Å². The maximum absolute atomic E-state index is 12.2. The minimum atomic E-state index is 0.000807. The van der Waals surface area contributed by atoms with E-state index in [1.807, 2.05) is 24.3 Å². The van der Waals surface area contributed by atoms with E-state index in [4.69, 9.17) is 5.73 Å². The van der Waals surface area contributed by atoms with Crippen molar-refractivity contribution in [1.82, 2.24) is 5.32 Å². The lowest BCUT2D eigenvalue weighted by Gasteiger charge is -2.27. The number of hydrogen-bond acceptors (Lipinski definition) is 3. The van der Waals surface area contributed by atoms with Crippen molar-refractivity contribution in [2.45, 2.75) is 27.7 Å². The van der Waals surface area contributed by atoms with Crippen LogP contribution in [0.2, 0.25) is 0 Å². The number of carbonyl (C=O) groups excluding carboxylic acids is 1. The Hall–Kier alpha value is -1.55. The van der Waals surface area contributed by atoms with E-state index in [0.717, 1.165) is 20.7 Å². The van der Waals surface area contributed by atoms with Crippen molar-refractivity contribution >= 4 is 33.0 Å². The molecule has 2 rings (SSSR count). The molecule has 0 saturated heterocycles. The summed E-state index contributed by atoms with van der Waals surface area (Å²) in [4.78, 5) is 12.9. The van der Waals surface area contributed by atoms with Gasteiger partial charge in [-0.2, -0.15) is 0 Å². The maximum atomic E-state index is 12.2. The summed E-state index contributed by atoms with van der Waals surface area (Å²) in [7, 11) is 0. The first-order valence-corrected chi connectivity index (χ1v) is 7.66. The zero-order valence-electron chi connectivity index (χ0n) is 12.5. The third-order valence-corrected chi connectivity index (χ3v) is 4.93. The largest absolute Gasteiger partial charge is 0.399 e. The van der Waals surface area contributed by atoms with Crippen LogP contribution in [0.3, 0.4) is 0 Å². The Morgan fingerprint density at radius 1 is 1.35 bits per heavy atom. The Kier molecular flexibility index (Phi) is 4.04. The summed E-state index contributed by atoms with van der Waals surface area (Å²) in [6, 6.07) is 7.64. The van der Waals surface area contributed by atoms with Gasteiger partial charge < -0.3 is 11.1 Å². The van der Waals surface area contributed by atoms with E-state index in [0.29, 0.717) is 12.5 Å². The fourth-order valence-electron chi connectivity index (χ4n) is 1.81. The molecule has 1 unspecified atom stereocenters. The highest BCUT2D eigenvalue weighted by Crippen LogP contribution is 2.28. The smallest absolute Gasteiger partial charge is 0.261 e. The predicted molar refractivity (Wildman–Crippen MR) is 87.2 cm³/mol. The van der Waals surface area contributed by atoms with E-state index >= 15 is 0 Å². The van der Waals surface area contributed by atoms with Crippen molar-refractivity contribution in [3.63, 3.8) is 0 Å². The fourth-order valence-corrected chi connectivity index (χ4v) is 2.77. The van der Waals surface area contributed by atoms with Crippen molar-refractivity contribution in [3.8, 4) is 0 Å². The molecule has 0 bridgehead atoms. The molecular formula is C16H22N2OS. The third-order valence-electron chi connectivity index (χ3n) is 3.81. The summed E-state index contributed by atoms with van der Waals surface area (Å²) in [6.07, 6.45) is 0. The Balaban J connectivity index is 2.08. The van der Waals surface area contributed by atoms with Crippen LogP contribution in [0.15, 0.2) is 24.3 Å². The first kappa shape index (κ1) is 14.9. The van der Waals surface area contributed by atoms with Gasteiger partial charge in [0.2, 0.25) is 0 Å². The van der Waals surface area contributed by atoms with Gasteiger partial charge in [-0.15, -0.1) is 11.3 Å². The van der Waals surface area contributed by atoms with Gasteiger partial charge in [-0.05, 0) is 41.0 Å². The average Bonchev–Trinajstić information content (AvgIpc) is 2.77. The highest BCUT2D eigenvalue weighted by Gasteiger charge is 2.21. The van der Waals surface area contributed by atoms with E-state index in [1.165, 1.54) is 11.3 Å². The van der Waals surface area contributed by atoms with Gasteiger partial charge in [0.05, 0.1) is 4.88 Å². The number of nitrogens with one attached hydrogen (secondary N) is 1. The molecule has 3 nitrogen and oxygen atoms in total. The van der Waals surface area contributed by atoms with Crippen LogP contribution in [-0.4, -0.2) is 12.5 Å². The molecule has 1 heterocycles. The van der Waals surface area contributed by atoms with Crippen molar-refractivity contribution in [2.75, 3.05) is 12.3 Å². The quantitative estimate of drug-likeness (QED) is 0.842. The molecule has 0 radical (unpaired) electrons. The summed E-state index contributed by atoms with van der Waals surface area (Å²) in [5.41, 5.74) is 6.68. The van der Waals surface area contributed by atoms with Crippen LogP contribution in [0.5, 0.6) is 0 Å². The fraction of sp³-hybridized carbons (Fsp3) is 0.438. The van der Waals surface area contributed by atoms with Gasteiger partial charge in [-0.25, -0.2) is 0 Å². The lowest BCUT2D eigenvalue weighted by Crippen LogP contribution is -2.33. The van der Waals surface area contributed by atoms with Crippen molar-refractivity contribution in [1.29, 1.82) is 0 Å². The van der Waals surface area contributed by atoms with E-state index in [2.05, 4.69) is 33.0 Å². The molecule has 4 heteroatoms. The lowest BCUT2D eigenvalue weighted by atomic mass is 9.82. The average molecular weight is 290 g/mol. The summed E-state index contributed by atoms with van der Waals surface area (Å²) in [6.45, 7) is 9.41. The zero-order valence-corrected chi connectivity index (χ0v) is 13.3. The molecule has 0 aliphatic rings. The number of carbonyl (C=O) groups is 1. The van der Waals surface area contributed by atoms with E-state index in [9.17, 15) is 4.79 Å². The molecule has 0 saturated carbocycles. The summed E-state index contributed by atoms with van der Waals surface area (Å²) in [5, 5.41) is 4.05. The molecule has 20 heavy (non-hydrogen) atoms. The Morgan fingerprint density at radius 2 is 2.05 bits per heavy atom. The number of thiophene rings is 1. The van der Waals surface area contributed by atoms with Gasteiger partial charge in [0.25, 0.3) is 5.91 Å². The minimum absolute atomic E-state index is 0.000807. The second kappa shape index (κ2) is 5.44. The second-order valence-corrected chi connectivity index (χ2v) is 7.47. The van der Waals surface area contributed by atoms with Gasteiger partial charge in [-0.1, -0.05) is 27.7 Å². The summed E-state index contributed by atoms with van der Waals surface area (Å²) >= 11 is 1.51. The Morgan fingerprint density at radius 3 is 2.70 bits per heavy atom. The molecule has 1 aromatic heterocycles. The van der Waals surface area contributed by atoms with Gasteiger partial charge in [0, 0.05) is 16.9 Å². The predicted octanol–water partition coefficient (Wildman–Crippen LogP) is 3.90. The number of amides is 1. The first-order chi connectivity index (χ1) is 9.27. The minimum Gasteiger partial charge on any atom is -0.399 e. The normalized spacial score (nSPS) is 13.4. The zero-order chi connectivity index (χ0) is 14.9. The van der Waals surface area contributed by atoms with Crippen LogP contribution in [0, 0.1) is 11.3 Å². The second-order valence-electron chi connectivity index (χ2n) is 6.39. The molecular weight excluding hydrogens is 268 g/mol. The Bertz CT molecular complexity index is 625. The van der Waals surface area contributed by atoms with Gasteiger partial charge in [-0.3, -0.25) is 4.79 Å². The number of hydrogen-bond donors (Lipinski definition) is 2. The molecule has 0 aliphatic carbocycles. The van der Waals surface area contributed by atoms with Crippen LogP contribution < -0.4 is 11.1 Å². The number of nitrogen functional groups attached to an aromatic ring is 1. The SMILES string of the molecule is CC(CNC(=O)c1cc2cc(N)ccc2s1)C(C)(C)C. The van der Waals surface area contributed by atoms with Crippen molar-refractivity contribution in [3.05, 3.63) is 29.1 Å². The standard InChI is InChI=1S/C16H22N2OS/c1-10(16(2,3)4)9-18-15(19)14-8-11-7-12(17)5-6-13(11)20-14/h5-8,10H,9,17H2,1-4H3,(H,18,19). The molecule has 108 valence electrons. The van der Waals surface area contributed by atoms with Crippen LogP contribution >= 0.6 is 11.3 Å². The molecule has 0 spiro atoms. The maximum Gasteiger partial charge on any atom is 0.261 e. The molecule has 0 aliphatic heterocycles. The van der Waals surface area contributed by atoms with E-state index in [1.54, 1.807) is 0 Å². The lowest BCUT2D eigenvalue weighted by molar-refractivity contribution is 0.0941. The molecule has 1 aromatic carbocycles. The molecule has 1 amide bonds. The number of rotatable bonds is 3. The highest BCUT2D eigenvalue weighted by molar-refractivity contribution is 7.20. The number of anilines is 1.